The first-order chi connectivity index (χ1) is 17.2. The maximum absolute atomic E-state index is 10.6. The molecule has 0 bridgehead atoms. The molecule has 1 atom stereocenters. The van der Waals surface area contributed by atoms with Crippen molar-refractivity contribution in [3.63, 3.8) is 0 Å². The number of halogens is 3. The molecule has 0 aliphatic carbocycles. The average Bonchev–Trinajstić information content (AvgIpc) is 3.56. The van der Waals surface area contributed by atoms with Gasteiger partial charge in [0.15, 0.2) is 23.0 Å². The highest BCUT2D eigenvalue weighted by atomic mass is 19.4. The number of imidazole rings is 1. The number of fused-ring (bicyclic) bond motifs is 3. The van der Waals surface area contributed by atoms with E-state index in [0.717, 1.165) is 42.3 Å². The zero-order valence-electron chi connectivity index (χ0n) is 18.9. The number of hydrogen-bond acceptors (Lipinski definition) is 8. The number of carbonyl (C=O) groups is 1. The van der Waals surface area contributed by atoms with Gasteiger partial charge in [0, 0.05) is 36.5 Å². The normalized spacial score (nSPS) is 16.3. The Kier molecular flexibility index (Phi) is 5.86. The van der Waals surface area contributed by atoms with Gasteiger partial charge in [0.2, 0.25) is 6.79 Å². The minimum atomic E-state index is -5.08. The van der Waals surface area contributed by atoms with Crippen LogP contribution in [0.1, 0.15) is 17.9 Å². The Balaban J connectivity index is 0.000000338. The summed E-state index contributed by atoms with van der Waals surface area (Å²) in [5.74, 6) is 1.27. The van der Waals surface area contributed by atoms with Gasteiger partial charge >= 0.3 is 12.1 Å². The van der Waals surface area contributed by atoms with Crippen LogP contribution in [0.25, 0.3) is 17.0 Å². The summed E-state index contributed by atoms with van der Waals surface area (Å²) in [6.07, 6.45) is -1.23. The second kappa shape index (κ2) is 9.02. The standard InChI is InChI=1S/C20H19N7O2.C2HF3O2/c1-12-10-21-19-9-14(6-7-26(12)19)22-17-4-5-18-23-24-20(27(18)25-17)13-2-3-15-16(8-13)29-11-28-15;3-2(4,5)1(6)7/h2-5,8,10,14H,6-7,9,11H2,1H3,(H,22,25);(H,6,7). The molecule has 5 heterocycles. The molecule has 4 aromatic rings. The fraction of sp³-hybridized carbons (Fsp3) is 0.318. The average molecular weight is 503 g/mol. The summed E-state index contributed by atoms with van der Waals surface area (Å²) in [6.45, 7) is 3.31. The number of hydrogen-bond donors (Lipinski definition) is 2. The first-order valence-corrected chi connectivity index (χ1v) is 10.9. The molecule has 36 heavy (non-hydrogen) atoms. The smallest absolute Gasteiger partial charge is 0.475 e. The fourth-order valence-electron chi connectivity index (χ4n) is 4.00. The highest BCUT2D eigenvalue weighted by Crippen LogP contribution is 2.35. The van der Waals surface area contributed by atoms with E-state index >= 15 is 0 Å². The van der Waals surface area contributed by atoms with Crippen LogP contribution in [0.4, 0.5) is 19.0 Å². The number of carboxylic acids is 1. The van der Waals surface area contributed by atoms with Crippen LogP contribution in [0.3, 0.4) is 0 Å². The highest BCUT2D eigenvalue weighted by molar-refractivity contribution is 5.73. The van der Waals surface area contributed by atoms with Gasteiger partial charge in [0.05, 0.1) is 0 Å². The monoisotopic (exact) mass is 503 g/mol. The number of nitrogens with one attached hydrogen (secondary N) is 1. The Morgan fingerprint density at radius 2 is 1.94 bits per heavy atom. The van der Waals surface area contributed by atoms with Gasteiger partial charge in [0.25, 0.3) is 0 Å². The lowest BCUT2D eigenvalue weighted by molar-refractivity contribution is -0.192. The number of anilines is 1. The van der Waals surface area contributed by atoms with Crippen molar-refractivity contribution >= 4 is 17.4 Å². The van der Waals surface area contributed by atoms with Gasteiger partial charge in [-0.25, -0.2) is 9.78 Å². The number of rotatable bonds is 3. The van der Waals surface area contributed by atoms with Crippen LogP contribution >= 0.6 is 0 Å². The van der Waals surface area contributed by atoms with Crippen molar-refractivity contribution in [3.8, 4) is 22.9 Å². The van der Waals surface area contributed by atoms with E-state index in [2.05, 4.69) is 32.0 Å². The summed E-state index contributed by atoms with van der Waals surface area (Å²) < 4.78 is 46.7. The van der Waals surface area contributed by atoms with Crippen LogP contribution in [0.5, 0.6) is 11.5 Å². The number of carboxylic acid groups (broad SMARTS) is 1. The first kappa shape index (κ1) is 23.4. The molecule has 0 fully saturated rings. The highest BCUT2D eigenvalue weighted by Gasteiger charge is 2.38. The van der Waals surface area contributed by atoms with E-state index < -0.39 is 12.1 Å². The van der Waals surface area contributed by atoms with E-state index in [9.17, 15) is 13.2 Å². The minimum Gasteiger partial charge on any atom is -0.475 e. The fourth-order valence-corrected chi connectivity index (χ4v) is 4.00. The van der Waals surface area contributed by atoms with Crippen LogP contribution in [0, 0.1) is 6.92 Å². The van der Waals surface area contributed by atoms with Gasteiger partial charge in [-0.3, -0.25) is 0 Å². The number of aryl methyl sites for hydroxylation is 1. The lowest BCUT2D eigenvalue weighted by Crippen LogP contribution is -2.31. The van der Waals surface area contributed by atoms with E-state index in [1.807, 2.05) is 36.5 Å². The molecule has 0 amide bonds. The van der Waals surface area contributed by atoms with Gasteiger partial charge < -0.3 is 24.5 Å². The van der Waals surface area contributed by atoms with Crippen molar-refractivity contribution in [3.05, 3.63) is 48.0 Å². The summed E-state index contributed by atoms with van der Waals surface area (Å²) >= 11 is 0. The van der Waals surface area contributed by atoms with Crippen LogP contribution in [0.15, 0.2) is 36.5 Å². The molecule has 2 aliphatic rings. The lowest BCUT2D eigenvalue weighted by atomic mass is 10.1. The van der Waals surface area contributed by atoms with E-state index in [4.69, 9.17) is 24.5 Å². The van der Waals surface area contributed by atoms with Crippen molar-refractivity contribution in [1.29, 1.82) is 0 Å². The maximum atomic E-state index is 10.6. The SMILES string of the molecule is Cc1cnc2n1CCC(Nc1ccc3nnc(-c4ccc5c(c4)OCO5)n3n1)C2.O=C(O)C(F)(F)F. The molecule has 0 saturated carbocycles. The third-order valence-corrected chi connectivity index (χ3v) is 5.76. The van der Waals surface area contributed by atoms with Crippen LogP contribution in [-0.4, -0.2) is 59.4 Å². The van der Waals surface area contributed by atoms with Crippen molar-refractivity contribution in [2.75, 3.05) is 12.1 Å². The first-order valence-electron chi connectivity index (χ1n) is 10.9. The molecule has 1 aromatic carbocycles. The Bertz CT molecular complexity index is 1430. The van der Waals surface area contributed by atoms with Crippen LogP contribution in [0.2, 0.25) is 0 Å². The Morgan fingerprint density at radius 1 is 1.17 bits per heavy atom. The largest absolute Gasteiger partial charge is 0.490 e. The van der Waals surface area contributed by atoms with Crippen molar-refractivity contribution < 1.29 is 32.5 Å². The summed E-state index contributed by atoms with van der Waals surface area (Å²) in [4.78, 5) is 13.4. The summed E-state index contributed by atoms with van der Waals surface area (Å²) in [5, 5.41) is 24.0. The lowest BCUT2D eigenvalue weighted by Gasteiger charge is -2.25. The molecule has 0 saturated heterocycles. The van der Waals surface area contributed by atoms with Crippen LogP contribution < -0.4 is 14.8 Å². The predicted molar refractivity (Wildman–Crippen MR) is 119 cm³/mol. The molecule has 1 unspecified atom stereocenters. The van der Waals surface area contributed by atoms with Gasteiger partial charge in [-0.15, -0.1) is 15.3 Å². The number of nitrogens with zero attached hydrogens (tertiary/aromatic N) is 6. The summed E-state index contributed by atoms with van der Waals surface area (Å²) in [5.41, 5.74) is 2.79. The number of aliphatic carboxylic acids is 1. The quantitative estimate of drug-likeness (QED) is 0.433. The molecule has 0 radical (unpaired) electrons. The second-order valence-electron chi connectivity index (χ2n) is 8.18. The third kappa shape index (κ3) is 4.61. The number of alkyl halides is 3. The van der Waals surface area contributed by atoms with Crippen molar-refractivity contribution in [2.24, 2.45) is 0 Å². The molecule has 3 aromatic heterocycles. The van der Waals surface area contributed by atoms with Gasteiger partial charge in [-0.1, -0.05) is 0 Å². The predicted octanol–water partition coefficient (Wildman–Crippen LogP) is 3.09. The van der Waals surface area contributed by atoms with E-state index in [1.54, 1.807) is 4.52 Å². The molecule has 0 spiro atoms. The Labute approximate surface area is 201 Å². The molecule has 2 N–H and O–H groups in total. The van der Waals surface area contributed by atoms with Gasteiger partial charge in [0.1, 0.15) is 11.6 Å². The molecular weight excluding hydrogens is 483 g/mol. The minimum absolute atomic E-state index is 0.241. The van der Waals surface area contributed by atoms with E-state index in [-0.39, 0.29) is 6.79 Å². The topological polar surface area (TPSA) is 129 Å². The van der Waals surface area contributed by atoms with Crippen molar-refractivity contribution in [1.82, 2.24) is 29.4 Å². The summed E-state index contributed by atoms with van der Waals surface area (Å²) in [6, 6.07) is 9.89. The van der Waals surface area contributed by atoms with Crippen LogP contribution in [-0.2, 0) is 17.8 Å². The molecule has 2 aliphatic heterocycles. The molecular formula is C22H20F3N7O4. The number of ether oxygens (including phenoxy) is 2. The zero-order valence-corrected chi connectivity index (χ0v) is 18.9. The van der Waals surface area contributed by atoms with E-state index in [1.165, 1.54) is 5.69 Å². The zero-order chi connectivity index (χ0) is 25.4. The molecule has 14 heteroatoms. The molecule has 6 rings (SSSR count). The summed E-state index contributed by atoms with van der Waals surface area (Å²) in [7, 11) is 0. The molecule has 11 nitrogen and oxygen atoms in total. The van der Waals surface area contributed by atoms with E-state index in [0.29, 0.717) is 23.3 Å². The Hall–Kier alpha value is -4.36. The number of aromatic nitrogens is 6. The number of benzene rings is 1. The second-order valence-corrected chi connectivity index (χ2v) is 8.18. The molecule has 188 valence electrons. The van der Waals surface area contributed by atoms with Gasteiger partial charge in [-0.2, -0.15) is 17.7 Å². The Morgan fingerprint density at radius 3 is 2.72 bits per heavy atom. The third-order valence-electron chi connectivity index (χ3n) is 5.76. The van der Waals surface area contributed by atoms with Gasteiger partial charge in [-0.05, 0) is 43.7 Å². The van der Waals surface area contributed by atoms with Crippen molar-refractivity contribution in [2.45, 2.75) is 38.5 Å². The maximum Gasteiger partial charge on any atom is 0.490 e.